The molecule has 1 saturated heterocycles. The lowest BCUT2D eigenvalue weighted by Crippen LogP contribution is -2.46. The van der Waals surface area contributed by atoms with Crippen LogP contribution in [-0.4, -0.2) is 42.9 Å². The number of rotatable bonds is 6. The Morgan fingerprint density at radius 2 is 1.90 bits per heavy atom. The Morgan fingerprint density at radius 3 is 2.43 bits per heavy atom. The summed E-state index contributed by atoms with van der Waals surface area (Å²) >= 11 is 0. The number of aliphatic carboxylic acids is 1. The van der Waals surface area contributed by atoms with Crippen LogP contribution in [0.15, 0.2) is 0 Å². The van der Waals surface area contributed by atoms with E-state index in [1.807, 2.05) is 20.8 Å². The van der Waals surface area contributed by atoms with E-state index in [9.17, 15) is 9.59 Å². The quantitative estimate of drug-likeness (QED) is 0.700. The monoisotopic (exact) mass is 300 g/mol. The molecular formula is C15H28N2O4. The largest absolute Gasteiger partial charge is 0.481 e. The smallest absolute Gasteiger partial charge is 0.315 e. The van der Waals surface area contributed by atoms with Crippen molar-refractivity contribution in [2.75, 3.05) is 19.8 Å². The zero-order valence-electron chi connectivity index (χ0n) is 13.3. The molecule has 0 aliphatic carbocycles. The maximum Gasteiger partial charge on any atom is 0.315 e. The maximum atomic E-state index is 11.9. The predicted octanol–water partition coefficient (Wildman–Crippen LogP) is 1.99. The summed E-state index contributed by atoms with van der Waals surface area (Å²) in [6, 6.07) is -0.630. The molecule has 6 nitrogen and oxygen atoms in total. The minimum absolute atomic E-state index is 0.0336. The highest BCUT2D eigenvalue weighted by molar-refractivity contribution is 5.75. The van der Waals surface area contributed by atoms with Crippen molar-refractivity contribution >= 4 is 12.0 Å². The zero-order valence-corrected chi connectivity index (χ0v) is 13.3. The van der Waals surface area contributed by atoms with Gasteiger partial charge < -0.3 is 20.5 Å². The normalized spacial score (nSPS) is 18.0. The third kappa shape index (κ3) is 8.55. The van der Waals surface area contributed by atoms with E-state index in [-0.39, 0.29) is 23.9 Å². The third-order valence-corrected chi connectivity index (χ3v) is 3.51. The summed E-state index contributed by atoms with van der Waals surface area (Å²) in [4.78, 5) is 22.8. The van der Waals surface area contributed by atoms with Gasteiger partial charge in [0, 0.05) is 25.8 Å². The number of ether oxygens (including phenoxy) is 1. The van der Waals surface area contributed by atoms with Crippen molar-refractivity contribution < 1.29 is 19.4 Å². The number of hydrogen-bond acceptors (Lipinski definition) is 3. The van der Waals surface area contributed by atoms with E-state index in [0.29, 0.717) is 18.9 Å². The maximum absolute atomic E-state index is 11.9. The van der Waals surface area contributed by atoms with Crippen LogP contribution in [0.5, 0.6) is 0 Å². The van der Waals surface area contributed by atoms with Crippen molar-refractivity contribution in [2.45, 2.75) is 52.5 Å². The molecule has 3 N–H and O–H groups in total. The number of amides is 2. The van der Waals surface area contributed by atoms with E-state index in [4.69, 9.17) is 9.84 Å². The van der Waals surface area contributed by atoms with Gasteiger partial charge in [0.15, 0.2) is 0 Å². The molecule has 122 valence electrons. The molecule has 0 aromatic heterocycles. The highest BCUT2D eigenvalue weighted by Crippen LogP contribution is 2.22. The van der Waals surface area contributed by atoms with Gasteiger partial charge in [0.2, 0.25) is 0 Å². The lowest BCUT2D eigenvalue weighted by molar-refractivity contribution is -0.137. The van der Waals surface area contributed by atoms with Crippen LogP contribution in [0.1, 0.15) is 46.5 Å². The Labute approximate surface area is 126 Å². The summed E-state index contributed by atoms with van der Waals surface area (Å²) in [5.41, 5.74) is -0.0336. The fourth-order valence-corrected chi connectivity index (χ4v) is 2.55. The number of carboxylic acid groups (broad SMARTS) is 1. The fourth-order valence-electron chi connectivity index (χ4n) is 2.55. The van der Waals surface area contributed by atoms with E-state index in [1.165, 1.54) is 0 Å². The first-order chi connectivity index (χ1) is 9.76. The number of carboxylic acids is 1. The van der Waals surface area contributed by atoms with Crippen LogP contribution < -0.4 is 10.6 Å². The fraction of sp³-hybridized carbons (Fsp3) is 0.867. The van der Waals surface area contributed by atoms with Crippen LogP contribution in [0.3, 0.4) is 0 Å². The van der Waals surface area contributed by atoms with Gasteiger partial charge in [-0.2, -0.15) is 0 Å². The molecule has 1 fully saturated rings. The molecule has 1 heterocycles. The highest BCUT2D eigenvalue weighted by Gasteiger charge is 2.23. The topological polar surface area (TPSA) is 87.7 Å². The molecule has 0 radical (unpaired) electrons. The zero-order chi connectivity index (χ0) is 15.9. The van der Waals surface area contributed by atoms with Crippen LogP contribution in [0.25, 0.3) is 0 Å². The molecular weight excluding hydrogens is 272 g/mol. The summed E-state index contributed by atoms with van der Waals surface area (Å²) in [6.07, 6.45) is 2.49. The Kier molecular flexibility index (Phi) is 6.95. The van der Waals surface area contributed by atoms with Gasteiger partial charge in [0.05, 0.1) is 6.42 Å². The summed E-state index contributed by atoms with van der Waals surface area (Å²) < 4.78 is 5.28. The lowest BCUT2D eigenvalue weighted by Gasteiger charge is -2.27. The molecule has 0 spiro atoms. The molecule has 1 atom stereocenters. The minimum atomic E-state index is -0.894. The second kappa shape index (κ2) is 8.22. The Hall–Kier alpha value is -1.30. The van der Waals surface area contributed by atoms with Crippen LogP contribution >= 0.6 is 0 Å². The van der Waals surface area contributed by atoms with Gasteiger partial charge in [-0.1, -0.05) is 20.8 Å². The number of carbonyl (C=O) groups excluding carboxylic acids is 1. The molecule has 6 heteroatoms. The Morgan fingerprint density at radius 1 is 1.29 bits per heavy atom. The van der Waals surface area contributed by atoms with Crippen molar-refractivity contribution in [3.63, 3.8) is 0 Å². The second-order valence-electron chi connectivity index (χ2n) is 6.97. The molecule has 21 heavy (non-hydrogen) atoms. The van der Waals surface area contributed by atoms with E-state index in [1.54, 1.807) is 0 Å². The van der Waals surface area contributed by atoms with Gasteiger partial charge >= 0.3 is 12.0 Å². The standard InChI is InChI=1S/C15H28N2O4/c1-15(2,3)9-12(8-13(18)19)17-14(20)16-10-11-4-6-21-7-5-11/h11-12H,4-10H2,1-3H3,(H,18,19)(H2,16,17,20). The summed E-state index contributed by atoms with van der Waals surface area (Å²) in [7, 11) is 0. The van der Waals surface area contributed by atoms with E-state index in [0.717, 1.165) is 26.1 Å². The minimum Gasteiger partial charge on any atom is -0.481 e. The average Bonchev–Trinajstić information content (AvgIpc) is 2.34. The lowest BCUT2D eigenvalue weighted by atomic mass is 9.87. The first-order valence-corrected chi connectivity index (χ1v) is 7.60. The van der Waals surface area contributed by atoms with Crippen molar-refractivity contribution in [3.8, 4) is 0 Å². The van der Waals surface area contributed by atoms with Crippen LogP contribution in [0, 0.1) is 11.3 Å². The van der Waals surface area contributed by atoms with Crippen LogP contribution in [0.4, 0.5) is 4.79 Å². The number of urea groups is 1. The van der Waals surface area contributed by atoms with Gasteiger partial charge in [0.1, 0.15) is 0 Å². The first-order valence-electron chi connectivity index (χ1n) is 7.60. The van der Waals surface area contributed by atoms with E-state index in [2.05, 4.69) is 10.6 Å². The first kappa shape index (κ1) is 17.8. The Balaban J connectivity index is 2.37. The average molecular weight is 300 g/mol. The summed E-state index contributed by atoms with van der Waals surface area (Å²) in [6.45, 7) is 8.21. The van der Waals surface area contributed by atoms with Crippen molar-refractivity contribution in [2.24, 2.45) is 11.3 Å². The predicted molar refractivity (Wildman–Crippen MR) is 80.2 cm³/mol. The Bertz CT molecular complexity index is 346. The highest BCUT2D eigenvalue weighted by atomic mass is 16.5. The van der Waals surface area contributed by atoms with Gasteiger partial charge in [-0.3, -0.25) is 4.79 Å². The van der Waals surface area contributed by atoms with Gasteiger partial charge in [-0.05, 0) is 30.6 Å². The van der Waals surface area contributed by atoms with Crippen molar-refractivity contribution in [3.05, 3.63) is 0 Å². The SMILES string of the molecule is CC(C)(C)CC(CC(=O)O)NC(=O)NCC1CCOCC1. The molecule has 0 aromatic carbocycles. The molecule has 0 aromatic rings. The van der Waals surface area contributed by atoms with E-state index >= 15 is 0 Å². The number of carbonyl (C=O) groups is 2. The van der Waals surface area contributed by atoms with Gasteiger partial charge in [0.25, 0.3) is 0 Å². The molecule has 1 rings (SSSR count). The second-order valence-corrected chi connectivity index (χ2v) is 6.97. The van der Waals surface area contributed by atoms with E-state index < -0.39 is 5.97 Å². The molecule has 0 bridgehead atoms. The van der Waals surface area contributed by atoms with Crippen LogP contribution in [0.2, 0.25) is 0 Å². The van der Waals surface area contributed by atoms with Crippen molar-refractivity contribution in [1.29, 1.82) is 0 Å². The number of nitrogens with one attached hydrogen (secondary N) is 2. The third-order valence-electron chi connectivity index (χ3n) is 3.51. The van der Waals surface area contributed by atoms with Gasteiger partial charge in [-0.25, -0.2) is 4.79 Å². The van der Waals surface area contributed by atoms with Crippen molar-refractivity contribution in [1.82, 2.24) is 10.6 Å². The number of hydrogen-bond donors (Lipinski definition) is 3. The molecule has 1 aliphatic heterocycles. The summed E-state index contributed by atoms with van der Waals surface area (Å²) in [5.74, 6) is -0.445. The summed E-state index contributed by atoms with van der Waals surface area (Å²) in [5, 5.41) is 14.6. The molecule has 1 unspecified atom stereocenters. The molecule has 2 amide bonds. The molecule has 0 saturated carbocycles. The van der Waals surface area contributed by atoms with Crippen LogP contribution in [-0.2, 0) is 9.53 Å². The van der Waals surface area contributed by atoms with Gasteiger partial charge in [-0.15, -0.1) is 0 Å². The molecule has 1 aliphatic rings.